The Kier molecular flexibility index (Phi) is 5.35. The molecule has 3 N–H and O–H groups in total. The summed E-state index contributed by atoms with van der Waals surface area (Å²) in [5.41, 5.74) is 7.83. The molecule has 1 aromatic heterocycles. The fourth-order valence-electron chi connectivity index (χ4n) is 2.84. The quantitative estimate of drug-likeness (QED) is 0.812. The first kappa shape index (κ1) is 18.5. The average molecular weight is 369 g/mol. The Labute approximate surface area is 151 Å². The van der Waals surface area contributed by atoms with E-state index in [9.17, 15) is 4.79 Å². The zero-order valence-electron chi connectivity index (χ0n) is 13.8. The number of nitrogens with one attached hydrogen (secondary N) is 1. The van der Waals surface area contributed by atoms with E-state index in [1.807, 2.05) is 32.9 Å². The topological polar surface area (TPSA) is 90.1 Å². The van der Waals surface area contributed by atoms with E-state index < -0.39 is 0 Å². The van der Waals surface area contributed by atoms with Gasteiger partial charge in [-0.15, -0.1) is 17.5 Å². The van der Waals surface area contributed by atoms with Gasteiger partial charge in [-0.3, -0.25) is 4.79 Å². The molecular formula is C16H21ClN4O2S. The summed E-state index contributed by atoms with van der Waals surface area (Å²) in [4.78, 5) is 13.2. The highest BCUT2D eigenvalue weighted by Crippen LogP contribution is 2.40. The summed E-state index contributed by atoms with van der Waals surface area (Å²) in [6, 6.07) is 5.37. The summed E-state index contributed by atoms with van der Waals surface area (Å²) in [5.74, 6) is 0.617. The van der Waals surface area contributed by atoms with E-state index in [0.717, 1.165) is 28.5 Å². The second-order valence-electron chi connectivity index (χ2n) is 6.29. The number of aromatic nitrogens is 2. The molecule has 130 valence electrons. The van der Waals surface area contributed by atoms with E-state index >= 15 is 0 Å². The first-order valence-electron chi connectivity index (χ1n) is 7.60. The highest BCUT2D eigenvalue weighted by Gasteiger charge is 2.35. The summed E-state index contributed by atoms with van der Waals surface area (Å²) < 4.78 is 9.87. The van der Waals surface area contributed by atoms with Gasteiger partial charge in [-0.05, 0) is 50.0 Å². The van der Waals surface area contributed by atoms with Crippen LogP contribution in [0.25, 0.3) is 0 Å². The number of amides is 1. The van der Waals surface area contributed by atoms with Crippen molar-refractivity contribution in [1.82, 2.24) is 14.9 Å². The first-order chi connectivity index (χ1) is 10.9. The van der Waals surface area contributed by atoms with Crippen LogP contribution in [0.4, 0.5) is 5.69 Å². The van der Waals surface area contributed by atoms with E-state index in [0.29, 0.717) is 23.4 Å². The van der Waals surface area contributed by atoms with Crippen molar-refractivity contribution in [2.24, 2.45) is 0 Å². The largest absolute Gasteiger partial charge is 0.487 e. The zero-order valence-corrected chi connectivity index (χ0v) is 15.5. The summed E-state index contributed by atoms with van der Waals surface area (Å²) in [5, 5.41) is 7.09. The Morgan fingerprint density at radius 1 is 1.50 bits per heavy atom. The molecule has 0 fully saturated rings. The van der Waals surface area contributed by atoms with Crippen molar-refractivity contribution in [1.29, 1.82) is 0 Å². The molecule has 1 aliphatic rings. The molecule has 6 nitrogen and oxygen atoms in total. The molecule has 2 heterocycles. The van der Waals surface area contributed by atoms with Crippen LogP contribution in [0.3, 0.4) is 0 Å². The van der Waals surface area contributed by atoms with Gasteiger partial charge in [0.2, 0.25) is 0 Å². The van der Waals surface area contributed by atoms with Gasteiger partial charge in [0.25, 0.3) is 5.91 Å². The Balaban J connectivity index is 0.00000208. The van der Waals surface area contributed by atoms with Crippen LogP contribution >= 0.6 is 23.9 Å². The number of ether oxygens (including phenoxy) is 1. The molecule has 24 heavy (non-hydrogen) atoms. The van der Waals surface area contributed by atoms with Crippen molar-refractivity contribution in [3.8, 4) is 5.75 Å². The number of rotatable bonds is 3. The van der Waals surface area contributed by atoms with E-state index in [1.54, 1.807) is 6.07 Å². The van der Waals surface area contributed by atoms with Crippen molar-refractivity contribution in [3.05, 3.63) is 34.3 Å². The van der Waals surface area contributed by atoms with Gasteiger partial charge in [-0.1, -0.05) is 11.4 Å². The van der Waals surface area contributed by atoms with Crippen molar-refractivity contribution in [2.75, 3.05) is 5.73 Å². The van der Waals surface area contributed by atoms with Gasteiger partial charge in [-0.25, -0.2) is 0 Å². The van der Waals surface area contributed by atoms with Crippen LogP contribution in [-0.2, 0) is 6.42 Å². The second-order valence-corrected chi connectivity index (χ2v) is 7.05. The molecule has 1 atom stereocenters. The highest BCUT2D eigenvalue weighted by atomic mass is 35.5. The lowest BCUT2D eigenvalue weighted by Crippen LogP contribution is -2.41. The van der Waals surface area contributed by atoms with Crippen molar-refractivity contribution >= 4 is 35.5 Å². The number of halogens is 1. The number of nitrogen functional groups attached to an aromatic ring is 1. The van der Waals surface area contributed by atoms with Crippen LogP contribution in [-0.4, -0.2) is 21.1 Å². The fraction of sp³-hybridized carbons (Fsp3) is 0.438. The molecule has 0 radical (unpaired) electrons. The molecule has 0 saturated carbocycles. The number of carbonyl (C=O) groups excluding carboxylic acids is 1. The summed E-state index contributed by atoms with van der Waals surface area (Å²) in [6.45, 7) is 5.98. The lowest BCUT2D eigenvalue weighted by atomic mass is 9.89. The number of hydrogen-bond acceptors (Lipinski definition) is 6. The molecule has 0 spiro atoms. The maximum atomic E-state index is 12.6. The average Bonchev–Trinajstić information content (AvgIpc) is 2.96. The lowest BCUT2D eigenvalue weighted by Gasteiger charge is -2.38. The Morgan fingerprint density at radius 3 is 2.96 bits per heavy atom. The Morgan fingerprint density at radius 2 is 2.25 bits per heavy atom. The normalized spacial score (nSPS) is 18.0. The predicted molar refractivity (Wildman–Crippen MR) is 96.9 cm³/mol. The van der Waals surface area contributed by atoms with E-state index in [2.05, 4.69) is 14.9 Å². The third kappa shape index (κ3) is 3.62. The predicted octanol–water partition coefficient (Wildman–Crippen LogP) is 3.14. The van der Waals surface area contributed by atoms with Crippen molar-refractivity contribution in [3.63, 3.8) is 0 Å². The van der Waals surface area contributed by atoms with Crippen LogP contribution < -0.4 is 15.8 Å². The number of fused-ring (bicyclic) bond motifs is 1. The van der Waals surface area contributed by atoms with E-state index in [4.69, 9.17) is 10.5 Å². The van der Waals surface area contributed by atoms with Crippen LogP contribution in [0.15, 0.2) is 18.2 Å². The Bertz CT molecular complexity index is 747. The van der Waals surface area contributed by atoms with E-state index in [1.165, 1.54) is 0 Å². The highest BCUT2D eigenvalue weighted by molar-refractivity contribution is 7.08. The van der Waals surface area contributed by atoms with E-state index in [-0.39, 0.29) is 30.0 Å². The monoisotopic (exact) mass is 368 g/mol. The summed E-state index contributed by atoms with van der Waals surface area (Å²) in [7, 11) is 0. The third-order valence-electron chi connectivity index (χ3n) is 3.89. The smallest absolute Gasteiger partial charge is 0.265 e. The minimum atomic E-state index is -0.361. The third-order valence-corrected chi connectivity index (χ3v) is 4.66. The zero-order chi connectivity index (χ0) is 16.6. The molecule has 1 unspecified atom stereocenters. The molecule has 1 aliphatic heterocycles. The van der Waals surface area contributed by atoms with Gasteiger partial charge in [0.05, 0.1) is 11.7 Å². The minimum absolute atomic E-state index is 0. The number of nitrogens with zero attached hydrogens (tertiary/aromatic N) is 2. The summed E-state index contributed by atoms with van der Waals surface area (Å²) >= 11 is 1.13. The standard InChI is InChI=1S/C16H20N4O2S.ClH/c1-4-11-14(23-20-19-11)15(21)18-12-8-16(2,3)22-13-6-5-9(17)7-10(12)13;/h5-7,12H,4,8,17H2,1-3H3,(H,18,21);1H. The van der Waals surface area contributed by atoms with Crippen molar-refractivity contribution < 1.29 is 9.53 Å². The minimum Gasteiger partial charge on any atom is -0.487 e. The first-order valence-corrected chi connectivity index (χ1v) is 8.37. The fourth-order valence-corrected chi connectivity index (χ4v) is 3.49. The number of anilines is 1. The van der Waals surface area contributed by atoms with Gasteiger partial charge in [-0.2, -0.15) is 0 Å². The number of benzene rings is 1. The number of hydrogen-bond donors (Lipinski definition) is 2. The molecular weight excluding hydrogens is 348 g/mol. The number of nitrogens with two attached hydrogens (primary N) is 1. The molecule has 1 amide bonds. The molecule has 8 heteroatoms. The SMILES string of the molecule is CCc1nnsc1C(=O)NC1CC(C)(C)Oc2ccc(N)cc21.Cl. The number of aryl methyl sites for hydroxylation is 1. The maximum Gasteiger partial charge on any atom is 0.265 e. The van der Waals surface area contributed by atoms with Gasteiger partial charge >= 0.3 is 0 Å². The molecule has 0 bridgehead atoms. The van der Waals surface area contributed by atoms with Crippen molar-refractivity contribution in [2.45, 2.75) is 45.3 Å². The van der Waals surface area contributed by atoms with Gasteiger partial charge in [0.15, 0.2) is 0 Å². The molecule has 3 rings (SSSR count). The van der Waals surface area contributed by atoms with Crippen LogP contribution in [0.1, 0.15) is 54.2 Å². The number of carbonyl (C=O) groups is 1. The molecule has 0 aliphatic carbocycles. The van der Waals surface area contributed by atoms with Crippen LogP contribution in [0.5, 0.6) is 5.75 Å². The second kappa shape index (κ2) is 6.94. The molecule has 2 aromatic rings. The maximum absolute atomic E-state index is 12.6. The Hall–Kier alpha value is -1.86. The van der Waals surface area contributed by atoms with Crippen LogP contribution in [0, 0.1) is 0 Å². The molecule has 0 saturated heterocycles. The molecule has 1 aromatic carbocycles. The lowest BCUT2D eigenvalue weighted by molar-refractivity contribution is 0.0621. The van der Waals surface area contributed by atoms with Gasteiger partial charge in [0, 0.05) is 17.7 Å². The summed E-state index contributed by atoms with van der Waals surface area (Å²) in [6.07, 6.45) is 1.35. The van der Waals surface area contributed by atoms with Gasteiger partial charge < -0.3 is 15.8 Å². The van der Waals surface area contributed by atoms with Gasteiger partial charge in [0.1, 0.15) is 16.2 Å². The van der Waals surface area contributed by atoms with Crippen LogP contribution in [0.2, 0.25) is 0 Å².